The first-order chi connectivity index (χ1) is 8.35. The van der Waals surface area contributed by atoms with Crippen LogP contribution in [0, 0.1) is 0 Å². The molecule has 0 aliphatic heterocycles. The molecule has 0 saturated carbocycles. The van der Waals surface area contributed by atoms with E-state index < -0.39 is 0 Å². The lowest BCUT2D eigenvalue weighted by atomic mass is 10.3. The number of hydrogen-bond acceptors (Lipinski definition) is 3. The van der Waals surface area contributed by atoms with Crippen molar-refractivity contribution in [3.05, 3.63) is 35.9 Å². The molecule has 0 radical (unpaired) electrons. The van der Waals surface area contributed by atoms with Crippen LogP contribution in [0.15, 0.2) is 24.5 Å². The third kappa shape index (κ3) is 2.74. The molecule has 0 spiro atoms. The van der Waals surface area contributed by atoms with Crippen molar-refractivity contribution in [2.75, 3.05) is 0 Å². The second-order valence-corrected chi connectivity index (χ2v) is 3.88. The van der Waals surface area contributed by atoms with Crippen molar-refractivity contribution in [1.29, 1.82) is 0 Å². The largest absolute Gasteiger partial charge is 0.306 e. The SMILES string of the molecule is CCn1nccc1CNCc1ccnn1CC. The average Bonchev–Trinajstić information content (AvgIpc) is 2.97. The molecular formula is C12H19N5. The fourth-order valence-corrected chi connectivity index (χ4v) is 1.91. The quantitative estimate of drug-likeness (QED) is 0.820. The van der Waals surface area contributed by atoms with Crippen molar-refractivity contribution in [3.63, 3.8) is 0 Å². The van der Waals surface area contributed by atoms with Gasteiger partial charge in [0.05, 0.1) is 11.4 Å². The van der Waals surface area contributed by atoms with Gasteiger partial charge in [-0.15, -0.1) is 0 Å². The summed E-state index contributed by atoms with van der Waals surface area (Å²) in [6.07, 6.45) is 3.69. The topological polar surface area (TPSA) is 47.7 Å². The summed E-state index contributed by atoms with van der Waals surface area (Å²) in [5, 5.41) is 11.9. The Balaban J connectivity index is 1.87. The molecule has 0 bridgehead atoms. The molecule has 1 N–H and O–H groups in total. The third-order valence-electron chi connectivity index (χ3n) is 2.82. The number of hydrogen-bond donors (Lipinski definition) is 1. The lowest BCUT2D eigenvalue weighted by molar-refractivity contribution is 0.552. The smallest absolute Gasteiger partial charge is 0.0522 e. The maximum Gasteiger partial charge on any atom is 0.0522 e. The van der Waals surface area contributed by atoms with Crippen LogP contribution in [0.5, 0.6) is 0 Å². The number of aryl methyl sites for hydroxylation is 2. The van der Waals surface area contributed by atoms with E-state index in [0.717, 1.165) is 26.2 Å². The molecule has 0 fully saturated rings. The molecule has 5 nitrogen and oxygen atoms in total. The van der Waals surface area contributed by atoms with E-state index in [0.29, 0.717) is 0 Å². The Morgan fingerprint density at radius 1 is 0.941 bits per heavy atom. The van der Waals surface area contributed by atoms with Crippen LogP contribution in [0.25, 0.3) is 0 Å². The van der Waals surface area contributed by atoms with E-state index in [4.69, 9.17) is 0 Å². The van der Waals surface area contributed by atoms with Crippen LogP contribution in [0.3, 0.4) is 0 Å². The molecule has 2 rings (SSSR count). The van der Waals surface area contributed by atoms with E-state index in [1.54, 1.807) is 0 Å². The first-order valence-electron chi connectivity index (χ1n) is 6.07. The summed E-state index contributed by atoms with van der Waals surface area (Å²) < 4.78 is 4.01. The summed E-state index contributed by atoms with van der Waals surface area (Å²) >= 11 is 0. The lowest BCUT2D eigenvalue weighted by Crippen LogP contribution is -2.18. The highest BCUT2D eigenvalue weighted by atomic mass is 15.3. The maximum absolute atomic E-state index is 4.24. The predicted molar refractivity (Wildman–Crippen MR) is 66.3 cm³/mol. The van der Waals surface area contributed by atoms with Crippen molar-refractivity contribution in [2.24, 2.45) is 0 Å². The van der Waals surface area contributed by atoms with Crippen LogP contribution < -0.4 is 5.32 Å². The summed E-state index contributed by atoms with van der Waals surface area (Å²) in [6.45, 7) is 7.70. The minimum Gasteiger partial charge on any atom is -0.306 e. The molecule has 2 aromatic heterocycles. The number of nitrogens with one attached hydrogen (secondary N) is 1. The van der Waals surface area contributed by atoms with Crippen LogP contribution in [0.1, 0.15) is 25.2 Å². The van der Waals surface area contributed by atoms with Gasteiger partial charge in [0, 0.05) is 38.6 Å². The lowest BCUT2D eigenvalue weighted by Gasteiger charge is -2.08. The monoisotopic (exact) mass is 233 g/mol. The van der Waals surface area contributed by atoms with Crippen molar-refractivity contribution in [2.45, 2.75) is 40.0 Å². The number of nitrogens with zero attached hydrogens (tertiary/aromatic N) is 4. The Kier molecular flexibility index (Phi) is 3.93. The fraction of sp³-hybridized carbons (Fsp3) is 0.500. The van der Waals surface area contributed by atoms with Gasteiger partial charge in [0.15, 0.2) is 0 Å². The van der Waals surface area contributed by atoms with Crippen molar-refractivity contribution in [1.82, 2.24) is 24.9 Å². The van der Waals surface area contributed by atoms with E-state index in [-0.39, 0.29) is 0 Å². The molecule has 0 aliphatic rings. The minimum atomic E-state index is 0.836. The minimum absolute atomic E-state index is 0.836. The molecule has 0 unspecified atom stereocenters. The van der Waals surface area contributed by atoms with E-state index >= 15 is 0 Å². The highest BCUT2D eigenvalue weighted by Crippen LogP contribution is 2.01. The average molecular weight is 233 g/mol. The second kappa shape index (κ2) is 5.63. The Morgan fingerprint density at radius 2 is 1.41 bits per heavy atom. The Morgan fingerprint density at radius 3 is 1.82 bits per heavy atom. The van der Waals surface area contributed by atoms with Gasteiger partial charge in [-0.25, -0.2) is 0 Å². The van der Waals surface area contributed by atoms with Gasteiger partial charge in [-0.3, -0.25) is 9.36 Å². The van der Waals surface area contributed by atoms with Gasteiger partial charge >= 0.3 is 0 Å². The molecule has 92 valence electrons. The molecule has 0 atom stereocenters. The third-order valence-corrected chi connectivity index (χ3v) is 2.82. The summed E-state index contributed by atoms with van der Waals surface area (Å²) in [4.78, 5) is 0. The normalized spacial score (nSPS) is 10.9. The van der Waals surface area contributed by atoms with Gasteiger partial charge in [0.2, 0.25) is 0 Å². The fourth-order valence-electron chi connectivity index (χ4n) is 1.91. The molecule has 5 heteroatoms. The van der Waals surface area contributed by atoms with Crippen molar-refractivity contribution >= 4 is 0 Å². The Labute approximate surface area is 101 Å². The highest BCUT2D eigenvalue weighted by Gasteiger charge is 2.02. The van der Waals surface area contributed by atoms with Crippen LogP contribution in [0.4, 0.5) is 0 Å². The van der Waals surface area contributed by atoms with Gasteiger partial charge in [0.25, 0.3) is 0 Å². The molecule has 0 aliphatic carbocycles. The Hall–Kier alpha value is -1.62. The summed E-state index contributed by atoms with van der Waals surface area (Å²) in [6, 6.07) is 4.10. The molecule has 0 amide bonds. The highest BCUT2D eigenvalue weighted by molar-refractivity contribution is 5.03. The Bertz CT molecular complexity index is 415. The predicted octanol–water partition coefficient (Wildman–Crippen LogP) is 1.41. The zero-order chi connectivity index (χ0) is 12.1. The van der Waals surface area contributed by atoms with Crippen molar-refractivity contribution < 1.29 is 0 Å². The van der Waals surface area contributed by atoms with Crippen LogP contribution in [-0.2, 0) is 26.2 Å². The number of aromatic nitrogens is 4. The van der Waals surface area contributed by atoms with Gasteiger partial charge in [-0.2, -0.15) is 10.2 Å². The molecule has 17 heavy (non-hydrogen) atoms. The van der Waals surface area contributed by atoms with E-state index in [9.17, 15) is 0 Å². The molecule has 2 aromatic rings. The zero-order valence-electron chi connectivity index (χ0n) is 10.4. The molecule has 2 heterocycles. The standard InChI is InChI=1S/C12H19N5/c1-3-16-11(5-7-14-16)9-13-10-12-6-8-15-17(12)4-2/h5-8,13H,3-4,9-10H2,1-2H3. The summed E-state index contributed by atoms with van der Waals surface area (Å²) in [5.41, 5.74) is 2.44. The molecule has 0 saturated heterocycles. The molecule has 0 aromatic carbocycles. The first kappa shape index (κ1) is 11.9. The van der Waals surface area contributed by atoms with Crippen LogP contribution >= 0.6 is 0 Å². The van der Waals surface area contributed by atoms with Crippen LogP contribution in [0.2, 0.25) is 0 Å². The summed E-state index contributed by atoms with van der Waals surface area (Å²) in [5.74, 6) is 0. The second-order valence-electron chi connectivity index (χ2n) is 3.88. The van der Waals surface area contributed by atoms with Gasteiger partial charge in [0.1, 0.15) is 0 Å². The van der Waals surface area contributed by atoms with E-state index in [1.807, 2.05) is 33.9 Å². The zero-order valence-corrected chi connectivity index (χ0v) is 10.4. The van der Waals surface area contributed by atoms with Crippen LogP contribution in [-0.4, -0.2) is 19.6 Å². The maximum atomic E-state index is 4.24. The first-order valence-corrected chi connectivity index (χ1v) is 6.07. The van der Waals surface area contributed by atoms with Crippen molar-refractivity contribution in [3.8, 4) is 0 Å². The molecular weight excluding hydrogens is 214 g/mol. The van der Waals surface area contributed by atoms with E-state index in [2.05, 4.69) is 29.4 Å². The van der Waals surface area contributed by atoms with Gasteiger partial charge < -0.3 is 5.32 Å². The van der Waals surface area contributed by atoms with Gasteiger partial charge in [-0.05, 0) is 26.0 Å². The van der Waals surface area contributed by atoms with E-state index in [1.165, 1.54) is 11.4 Å². The number of rotatable bonds is 6. The van der Waals surface area contributed by atoms with Gasteiger partial charge in [-0.1, -0.05) is 0 Å². The summed E-state index contributed by atoms with van der Waals surface area (Å²) in [7, 11) is 0.